The van der Waals surface area contributed by atoms with Gasteiger partial charge >= 0.3 is 0 Å². The van der Waals surface area contributed by atoms with Crippen LogP contribution in [-0.4, -0.2) is 19.6 Å². The molecule has 3 aromatic rings. The van der Waals surface area contributed by atoms with E-state index in [0.717, 1.165) is 12.1 Å². The van der Waals surface area contributed by atoms with Crippen molar-refractivity contribution in [3.63, 3.8) is 0 Å². The lowest BCUT2D eigenvalue weighted by Gasteiger charge is -2.10. The van der Waals surface area contributed by atoms with Gasteiger partial charge in [0, 0.05) is 11.6 Å². The van der Waals surface area contributed by atoms with Gasteiger partial charge in [0.2, 0.25) is 5.88 Å². The largest absolute Gasteiger partial charge is 0.438 e. The molecule has 0 N–H and O–H groups in total. The lowest BCUT2D eigenvalue weighted by Crippen LogP contribution is -2.02. The Morgan fingerprint density at radius 3 is 2.80 bits per heavy atom. The summed E-state index contributed by atoms with van der Waals surface area (Å²) in [4.78, 5) is 7.91. The van der Waals surface area contributed by atoms with E-state index in [4.69, 9.17) is 16.3 Å². The van der Waals surface area contributed by atoms with E-state index in [1.54, 1.807) is 6.92 Å². The zero-order valence-corrected chi connectivity index (χ0v) is 10.9. The monoisotopic (exact) mass is 296 g/mol. The molecule has 0 aliphatic rings. The van der Waals surface area contributed by atoms with Crippen LogP contribution in [0.5, 0.6) is 11.6 Å². The summed E-state index contributed by atoms with van der Waals surface area (Å²) < 4.78 is 32.9. The van der Waals surface area contributed by atoms with Gasteiger partial charge < -0.3 is 4.74 Å². The molecular weight excluding hydrogens is 290 g/mol. The second-order valence-corrected chi connectivity index (χ2v) is 4.34. The molecule has 0 amide bonds. The van der Waals surface area contributed by atoms with Crippen molar-refractivity contribution in [2.45, 2.75) is 6.92 Å². The minimum atomic E-state index is -1.00. The highest BCUT2D eigenvalue weighted by Gasteiger charge is 2.15. The van der Waals surface area contributed by atoms with Crippen LogP contribution in [0.2, 0.25) is 5.15 Å². The molecule has 102 valence electrons. The summed E-state index contributed by atoms with van der Waals surface area (Å²) in [6, 6.07) is 3.21. The van der Waals surface area contributed by atoms with Crippen molar-refractivity contribution in [3.8, 4) is 11.6 Å². The number of nitrogens with zero attached hydrogens (tertiary/aromatic N) is 4. The smallest absolute Gasteiger partial charge is 0.256 e. The van der Waals surface area contributed by atoms with Gasteiger partial charge in [-0.25, -0.2) is 8.78 Å². The lowest BCUT2D eigenvalue weighted by atomic mass is 10.3. The Morgan fingerprint density at radius 2 is 2.05 bits per heavy atom. The first-order valence-corrected chi connectivity index (χ1v) is 5.93. The average Bonchev–Trinajstić information content (AvgIpc) is 2.87. The average molecular weight is 297 g/mol. The molecule has 0 spiro atoms. The molecule has 20 heavy (non-hydrogen) atoms. The highest BCUT2D eigenvalue weighted by molar-refractivity contribution is 6.30. The van der Waals surface area contributed by atoms with Gasteiger partial charge in [-0.3, -0.25) is 0 Å². The number of hydrogen-bond donors (Lipinski definition) is 0. The summed E-state index contributed by atoms with van der Waals surface area (Å²) in [5.74, 6) is -1.35. The molecule has 0 saturated carbocycles. The molecule has 3 rings (SSSR count). The van der Waals surface area contributed by atoms with E-state index in [9.17, 15) is 8.78 Å². The molecule has 0 radical (unpaired) electrons. The maximum absolute atomic E-state index is 13.2. The molecule has 1 aromatic carbocycles. The van der Waals surface area contributed by atoms with Crippen molar-refractivity contribution in [3.05, 3.63) is 46.9 Å². The summed E-state index contributed by atoms with van der Waals surface area (Å²) in [6.45, 7) is 1.67. The first kappa shape index (κ1) is 12.7. The van der Waals surface area contributed by atoms with Crippen molar-refractivity contribution in [2.24, 2.45) is 0 Å². The Labute approximate surface area is 116 Å². The first-order valence-electron chi connectivity index (χ1n) is 5.55. The van der Waals surface area contributed by atoms with E-state index < -0.39 is 11.6 Å². The van der Waals surface area contributed by atoms with Gasteiger partial charge in [-0.05, 0) is 19.1 Å². The van der Waals surface area contributed by atoms with Crippen molar-refractivity contribution >= 4 is 17.4 Å². The Morgan fingerprint density at radius 1 is 1.25 bits per heavy atom. The second kappa shape index (κ2) is 4.68. The van der Waals surface area contributed by atoms with Crippen LogP contribution >= 0.6 is 11.6 Å². The van der Waals surface area contributed by atoms with E-state index in [1.165, 1.54) is 16.9 Å². The molecule has 0 bridgehead atoms. The van der Waals surface area contributed by atoms with E-state index in [-0.39, 0.29) is 22.6 Å². The van der Waals surface area contributed by atoms with Crippen LogP contribution in [0.1, 0.15) is 5.56 Å². The number of ether oxygens (including phenoxy) is 1. The highest BCUT2D eigenvalue weighted by Crippen LogP contribution is 2.29. The summed E-state index contributed by atoms with van der Waals surface area (Å²) in [5, 5.41) is 4.15. The van der Waals surface area contributed by atoms with Crippen LogP contribution in [0, 0.1) is 18.6 Å². The van der Waals surface area contributed by atoms with Crippen molar-refractivity contribution in [1.29, 1.82) is 0 Å². The molecule has 5 nitrogen and oxygen atoms in total. The van der Waals surface area contributed by atoms with Gasteiger partial charge in [0.1, 0.15) is 17.2 Å². The fourth-order valence-electron chi connectivity index (χ4n) is 1.65. The molecule has 0 atom stereocenters. The molecule has 2 aromatic heterocycles. The quantitative estimate of drug-likeness (QED) is 0.682. The first-order chi connectivity index (χ1) is 9.56. The molecule has 0 aliphatic heterocycles. The number of rotatable bonds is 2. The zero-order valence-electron chi connectivity index (χ0n) is 10.1. The number of aromatic nitrogens is 4. The molecule has 0 fully saturated rings. The van der Waals surface area contributed by atoms with Gasteiger partial charge in [0.25, 0.3) is 5.78 Å². The van der Waals surface area contributed by atoms with Crippen molar-refractivity contribution < 1.29 is 13.5 Å². The second-order valence-electron chi connectivity index (χ2n) is 3.98. The predicted octanol–water partition coefficient (Wildman–Crippen LogP) is 3.16. The summed E-state index contributed by atoms with van der Waals surface area (Å²) in [6.07, 6.45) is 1.29. The molecule has 0 saturated heterocycles. The van der Waals surface area contributed by atoms with Gasteiger partial charge in [-0.1, -0.05) is 11.6 Å². The van der Waals surface area contributed by atoms with E-state index in [2.05, 4.69) is 15.1 Å². The minimum Gasteiger partial charge on any atom is -0.438 e. The van der Waals surface area contributed by atoms with Gasteiger partial charge in [0.15, 0.2) is 11.6 Å². The summed E-state index contributed by atoms with van der Waals surface area (Å²) >= 11 is 5.97. The lowest BCUT2D eigenvalue weighted by molar-refractivity contribution is 0.431. The normalized spacial score (nSPS) is 11.0. The predicted molar refractivity (Wildman–Crippen MR) is 67.0 cm³/mol. The summed E-state index contributed by atoms with van der Waals surface area (Å²) in [7, 11) is 0. The third kappa shape index (κ3) is 2.05. The zero-order chi connectivity index (χ0) is 14.3. The van der Waals surface area contributed by atoms with Crippen LogP contribution in [0.4, 0.5) is 8.78 Å². The van der Waals surface area contributed by atoms with Crippen LogP contribution in [-0.2, 0) is 0 Å². The number of benzene rings is 1. The van der Waals surface area contributed by atoms with Gasteiger partial charge in [-0.15, -0.1) is 0 Å². The van der Waals surface area contributed by atoms with Crippen LogP contribution in [0.3, 0.4) is 0 Å². The van der Waals surface area contributed by atoms with Crippen molar-refractivity contribution in [1.82, 2.24) is 19.6 Å². The minimum absolute atomic E-state index is 0.117. The van der Waals surface area contributed by atoms with Gasteiger partial charge in [-0.2, -0.15) is 19.6 Å². The summed E-state index contributed by atoms with van der Waals surface area (Å²) in [5.41, 5.74) is 0.509. The highest BCUT2D eigenvalue weighted by atomic mass is 35.5. The number of fused-ring (bicyclic) bond motifs is 1. The maximum Gasteiger partial charge on any atom is 0.256 e. The van der Waals surface area contributed by atoms with E-state index >= 15 is 0 Å². The molecule has 0 aliphatic carbocycles. The molecule has 2 heterocycles. The topological polar surface area (TPSA) is 52.3 Å². The fourth-order valence-corrected chi connectivity index (χ4v) is 1.80. The van der Waals surface area contributed by atoms with Crippen molar-refractivity contribution in [2.75, 3.05) is 0 Å². The van der Waals surface area contributed by atoms with Crippen LogP contribution in [0.15, 0.2) is 24.5 Å². The van der Waals surface area contributed by atoms with Crippen LogP contribution in [0.25, 0.3) is 5.78 Å². The Hall–Kier alpha value is -2.28. The third-order valence-corrected chi connectivity index (χ3v) is 3.02. The molecular formula is C12H7ClF2N4O. The Bertz CT molecular complexity index is 805. The Balaban J connectivity index is 2.11. The third-order valence-electron chi connectivity index (χ3n) is 2.66. The SMILES string of the molecule is Cc1c(Cl)nc2ncnn2c1Oc1ccc(F)c(F)c1. The van der Waals surface area contributed by atoms with E-state index in [1.807, 2.05) is 0 Å². The number of halogens is 3. The fraction of sp³-hybridized carbons (Fsp3) is 0.0833. The molecule has 8 heteroatoms. The number of hydrogen-bond acceptors (Lipinski definition) is 4. The van der Waals surface area contributed by atoms with Gasteiger partial charge in [0.05, 0.1) is 0 Å². The van der Waals surface area contributed by atoms with E-state index in [0.29, 0.717) is 5.56 Å². The standard InChI is InChI=1S/C12H7ClF2N4O/c1-6-10(13)18-12-16-5-17-19(12)11(6)20-7-2-3-8(14)9(15)4-7/h2-5H,1H3. The maximum atomic E-state index is 13.2. The Kier molecular flexibility index (Phi) is 2.98. The van der Waals surface area contributed by atoms with Crippen LogP contribution < -0.4 is 4.74 Å². The molecule has 0 unspecified atom stereocenters.